The van der Waals surface area contributed by atoms with E-state index >= 15 is 0 Å². The minimum Gasteiger partial charge on any atom is -0.355 e. The molecule has 3 aromatic heterocycles. The first kappa shape index (κ1) is 22.2. The molecule has 0 N–H and O–H groups in total. The van der Waals surface area contributed by atoms with E-state index in [4.69, 9.17) is 16.6 Å². The molecule has 0 bridgehead atoms. The lowest BCUT2D eigenvalue weighted by Crippen LogP contribution is -2.33. The summed E-state index contributed by atoms with van der Waals surface area (Å²) in [4.78, 5) is 8.63. The molecular weight excluding hydrogens is 445 g/mol. The molecule has 6 heteroatoms. The normalized spacial score (nSPS) is 14.7. The molecular formula is C25H27Cl2N3S. The molecule has 4 heterocycles. The Morgan fingerprint density at radius 1 is 1.03 bits per heavy atom. The van der Waals surface area contributed by atoms with Crippen molar-refractivity contribution in [1.29, 1.82) is 0 Å². The molecule has 0 amide bonds. The molecule has 0 atom stereocenters. The maximum atomic E-state index is 6.20. The number of hydrogen-bond donors (Lipinski definition) is 0. The van der Waals surface area contributed by atoms with Crippen molar-refractivity contribution in [2.45, 2.75) is 39.2 Å². The molecule has 31 heavy (non-hydrogen) atoms. The number of nitrogens with zero attached hydrogens (tertiary/aromatic N) is 3. The molecule has 0 saturated carbocycles. The third kappa shape index (κ3) is 4.21. The van der Waals surface area contributed by atoms with Gasteiger partial charge in [0.1, 0.15) is 0 Å². The Morgan fingerprint density at radius 2 is 1.77 bits per heavy atom. The van der Waals surface area contributed by atoms with Gasteiger partial charge in [0.15, 0.2) is 5.82 Å². The van der Waals surface area contributed by atoms with Gasteiger partial charge in [0.25, 0.3) is 0 Å². The lowest BCUT2D eigenvalue weighted by Gasteiger charge is -2.33. The van der Waals surface area contributed by atoms with Gasteiger partial charge in [-0.2, -0.15) is 0 Å². The van der Waals surface area contributed by atoms with Crippen LogP contribution in [0.1, 0.15) is 40.5 Å². The smallest absolute Gasteiger partial charge is 0.153 e. The standard InChI is InChI=1S/C25H26ClN3S.ClH/c1-17-18(2)29(16-21-8-9-23(26)30-21)24-22(17)10-13-27-25(24)28-14-11-20(12-15-28)19-6-4-3-5-7-19;/h3-10,13,20H,11-12,14-16H2,1-2H3;1H. The van der Waals surface area contributed by atoms with E-state index < -0.39 is 0 Å². The number of halogens is 2. The van der Waals surface area contributed by atoms with Gasteiger partial charge < -0.3 is 9.47 Å². The maximum Gasteiger partial charge on any atom is 0.153 e. The Hall–Kier alpha value is -2.01. The summed E-state index contributed by atoms with van der Waals surface area (Å²) < 4.78 is 3.27. The van der Waals surface area contributed by atoms with Gasteiger partial charge in [0, 0.05) is 35.2 Å². The van der Waals surface area contributed by atoms with Crippen molar-refractivity contribution in [3.05, 3.63) is 80.8 Å². The average Bonchev–Trinajstić information content (AvgIpc) is 3.31. The Balaban J connectivity index is 0.00000231. The number of rotatable bonds is 4. The molecule has 5 rings (SSSR count). The first-order chi connectivity index (χ1) is 14.6. The number of fused-ring (bicyclic) bond motifs is 1. The van der Waals surface area contributed by atoms with Crippen LogP contribution in [0.4, 0.5) is 5.82 Å². The molecule has 0 radical (unpaired) electrons. The average molecular weight is 472 g/mol. The van der Waals surface area contributed by atoms with Crippen molar-refractivity contribution in [3.63, 3.8) is 0 Å². The fraction of sp³-hybridized carbons (Fsp3) is 0.320. The maximum absolute atomic E-state index is 6.20. The van der Waals surface area contributed by atoms with Crippen LogP contribution in [-0.4, -0.2) is 22.6 Å². The molecule has 1 aromatic carbocycles. The summed E-state index contributed by atoms with van der Waals surface area (Å²) in [6.45, 7) is 7.36. The van der Waals surface area contributed by atoms with Crippen molar-refractivity contribution in [1.82, 2.24) is 9.55 Å². The van der Waals surface area contributed by atoms with Gasteiger partial charge in [-0.05, 0) is 61.9 Å². The second-order valence-corrected chi connectivity index (χ2v) is 10.0. The summed E-state index contributed by atoms with van der Waals surface area (Å²) in [6, 6.07) is 17.2. The predicted octanol–water partition coefficient (Wildman–Crippen LogP) is 7.22. The summed E-state index contributed by atoms with van der Waals surface area (Å²) in [6.07, 6.45) is 4.31. The van der Waals surface area contributed by atoms with Crippen LogP contribution < -0.4 is 4.90 Å². The van der Waals surface area contributed by atoms with Crippen LogP contribution in [0.25, 0.3) is 10.9 Å². The fourth-order valence-electron chi connectivity index (χ4n) is 4.75. The van der Waals surface area contributed by atoms with Crippen LogP contribution in [0.5, 0.6) is 0 Å². The van der Waals surface area contributed by atoms with Crippen LogP contribution in [0.3, 0.4) is 0 Å². The molecule has 1 fully saturated rings. The van der Waals surface area contributed by atoms with Crippen molar-refractivity contribution in [3.8, 4) is 0 Å². The van der Waals surface area contributed by atoms with Crippen LogP contribution >= 0.6 is 35.3 Å². The third-order valence-electron chi connectivity index (χ3n) is 6.53. The summed E-state index contributed by atoms with van der Waals surface area (Å²) in [5.74, 6) is 1.77. The summed E-state index contributed by atoms with van der Waals surface area (Å²) in [5, 5.41) is 1.31. The molecule has 1 aliphatic heterocycles. The molecule has 0 aliphatic carbocycles. The fourth-order valence-corrected chi connectivity index (χ4v) is 5.82. The largest absolute Gasteiger partial charge is 0.355 e. The Morgan fingerprint density at radius 3 is 2.45 bits per heavy atom. The quantitative estimate of drug-likeness (QED) is 0.313. The predicted molar refractivity (Wildman–Crippen MR) is 136 cm³/mol. The molecule has 3 nitrogen and oxygen atoms in total. The number of pyridine rings is 1. The van der Waals surface area contributed by atoms with Crippen molar-refractivity contribution >= 4 is 52.1 Å². The topological polar surface area (TPSA) is 21.1 Å². The van der Waals surface area contributed by atoms with Gasteiger partial charge in [-0.3, -0.25) is 0 Å². The molecule has 0 spiro atoms. The number of benzene rings is 1. The zero-order chi connectivity index (χ0) is 20.7. The van der Waals surface area contributed by atoms with E-state index in [1.165, 1.54) is 45.4 Å². The van der Waals surface area contributed by atoms with E-state index in [0.29, 0.717) is 5.92 Å². The van der Waals surface area contributed by atoms with E-state index in [0.717, 1.165) is 29.8 Å². The zero-order valence-electron chi connectivity index (χ0n) is 17.8. The highest BCUT2D eigenvalue weighted by molar-refractivity contribution is 7.16. The van der Waals surface area contributed by atoms with Gasteiger partial charge in [-0.1, -0.05) is 41.9 Å². The van der Waals surface area contributed by atoms with Gasteiger partial charge in [0.05, 0.1) is 16.4 Å². The van der Waals surface area contributed by atoms with E-state index in [9.17, 15) is 0 Å². The molecule has 4 aromatic rings. The Bertz CT molecular complexity index is 1170. The molecule has 1 saturated heterocycles. The second kappa shape index (κ2) is 9.23. The minimum atomic E-state index is 0. The highest BCUT2D eigenvalue weighted by atomic mass is 35.5. The number of anilines is 1. The second-order valence-electron chi connectivity index (χ2n) is 8.21. The summed E-state index contributed by atoms with van der Waals surface area (Å²) in [5.41, 5.74) is 5.38. The zero-order valence-corrected chi connectivity index (χ0v) is 20.2. The SMILES string of the molecule is Cc1c(C)n(Cc2ccc(Cl)s2)c2c(N3CCC(c4ccccc4)CC3)nccc12.Cl. The van der Waals surface area contributed by atoms with E-state index in [-0.39, 0.29) is 12.4 Å². The summed E-state index contributed by atoms with van der Waals surface area (Å²) in [7, 11) is 0. The molecule has 162 valence electrons. The Kier molecular flexibility index (Phi) is 6.61. The third-order valence-corrected chi connectivity index (χ3v) is 7.75. The number of aryl methyl sites for hydroxylation is 1. The number of piperidine rings is 1. The van der Waals surface area contributed by atoms with E-state index in [1.54, 1.807) is 11.3 Å². The van der Waals surface area contributed by atoms with E-state index in [1.807, 2.05) is 12.3 Å². The molecule has 0 unspecified atom stereocenters. The van der Waals surface area contributed by atoms with Crippen molar-refractivity contribution in [2.75, 3.05) is 18.0 Å². The first-order valence-electron chi connectivity index (χ1n) is 10.6. The number of thiophene rings is 1. The van der Waals surface area contributed by atoms with Crippen molar-refractivity contribution in [2.24, 2.45) is 0 Å². The van der Waals surface area contributed by atoms with Crippen LogP contribution in [0.2, 0.25) is 4.34 Å². The summed E-state index contributed by atoms with van der Waals surface area (Å²) >= 11 is 7.85. The number of aromatic nitrogens is 2. The first-order valence-corrected chi connectivity index (χ1v) is 11.8. The minimum absolute atomic E-state index is 0. The number of hydrogen-bond acceptors (Lipinski definition) is 3. The molecule has 1 aliphatic rings. The highest BCUT2D eigenvalue weighted by Crippen LogP contribution is 2.36. The van der Waals surface area contributed by atoms with Crippen molar-refractivity contribution < 1.29 is 0 Å². The van der Waals surface area contributed by atoms with E-state index in [2.05, 4.69) is 65.8 Å². The van der Waals surface area contributed by atoms with Gasteiger partial charge in [0.2, 0.25) is 0 Å². The van der Waals surface area contributed by atoms with Crippen LogP contribution in [-0.2, 0) is 6.54 Å². The monoisotopic (exact) mass is 471 g/mol. The highest BCUT2D eigenvalue weighted by Gasteiger charge is 2.25. The van der Waals surface area contributed by atoms with Crippen LogP contribution in [0.15, 0.2) is 54.7 Å². The van der Waals surface area contributed by atoms with Gasteiger partial charge in [-0.25, -0.2) is 4.98 Å². The van der Waals surface area contributed by atoms with Crippen LogP contribution in [0, 0.1) is 13.8 Å². The Labute approximate surface area is 199 Å². The lowest BCUT2D eigenvalue weighted by atomic mass is 9.89. The van der Waals surface area contributed by atoms with Gasteiger partial charge in [-0.15, -0.1) is 23.7 Å². The van der Waals surface area contributed by atoms with Gasteiger partial charge >= 0.3 is 0 Å². The lowest BCUT2D eigenvalue weighted by molar-refractivity contribution is 0.503.